The molecular formula is C13H14Cl2N2S. The summed E-state index contributed by atoms with van der Waals surface area (Å²) in [4.78, 5) is 5.64. The summed E-state index contributed by atoms with van der Waals surface area (Å²) in [5.74, 6) is 0. The van der Waals surface area contributed by atoms with Gasteiger partial charge in [-0.1, -0.05) is 30.1 Å². The molecule has 1 unspecified atom stereocenters. The summed E-state index contributed by atoms with van der Waals surface area (Å²) in [6.07, 6.45) is 1.63. The summed E-state index contributed by atoms with van der Waals surface area (Å²) < 4.78 is 0. The summed E-state index contributed by atoms with van der Waals surface area (Å²) in [6, 6.07) is 3.91. The molecular weight excluding hydrogens is 287 g/mol. The molecule has 1 atom stereocenters. The van der Waals surface area contributed by atoms with Crippen molar-refractivity contribution in [3.8, 4) is 0 Å². The molecule has 2 heterocycles. The maximum absolute atomic E-state index is 6.23. The number of halogens is 2. The van der Waals surface area contributed by atoms with Crippen molar-refractivity contribution in [3.05, 3.63) is 49.9 Å². The van der Waals surface area contributed by atoms with Crippen LogP contribution < -0.4 is 5.32 Å². The minimum absolute atomic E-state index is 0.0183. The first kappa shape index (κ1) is 13.8. The summed E-state index contributed by atoms with van der Waals surface area (Å²) in [7, 11) is 0. The second-order valence-electron chi connectivity index (χ2n) is 4.00. The Labute approximate surface area is 121 Å². The third-order valence-corrected chi connectivity index (χ3v) is 3.99. The smallest absolute Gasteiger partial charge is 0.0805 e. The van der Waals surface area contributed by atoms with Crippen molar-refractivity contribution in [2.24, 2.45) is 0 Å². The van der Waals surface area contributed by atoms with E-state index in [1.807, 2.05) is 0 Å². The molecule has 0 aliphatic carbocycles. The highest BCUT2D eigenvalue weighted by molar-refractivity contribution is 7.10. The highest BCUT2D eigenvalue weighted by Gasteiger charge is 2.18. The van der Waals surface area contributed by atoms with E-state index < -0.39 is 0 Å². The van der Waals surface area contributed by atoms with E-state index in [0.717, 1.165) is 12.2 Å². The molecule has 2 nitrogen and oxygen atoms in total. The van der Waals surface area contributed by atoms with Gasteiger partial charge >= 0.3 is 0 Å². The van der Waals surface area contributed by atoms with E-state index in [-0.39, 0.29) is 6.04 Å². The van der Waals surface area contributed by atoms with Crippen molar-refractivity contribution in [1.29, 1.82) is 0 Å². The van der Waals surface area contributed by atoms with E-state index in [0.29, 0.717) is 10.0 Å². The predicted octanol–water partition coefficient (Wildman–Crippen LogP) is 4.46. The molecule has 0 fully saturated rings. The number of nitrogens with one attached hydrogen (secondary N) is 1. The van der Waals surface area contributed by atoms with Gasteiger partial charge in [-0.3, -0.25) is 4.98 Å². The number of hydrogen-bond donors (Lipinski definition) is 1. The lowest BCUT2D eigenvalue weighted by atomic mass is 10.1. The molecule has 0 saturated carbocycles. The molecule has 0 aromatic carbocycles. The molecule has 0 radical (unpaired) electrons. The van der Waals surface area contributed by atoms with Crippen LogP contribution in [0.25, 0.3) is 0 Å². The Bertz CT molecular complexity index is 540. The summed E-state index contributed by atoms with van der Waals surface area (Å²) in [5, 5.41) is 6.69. The molecule has 2 aromatic heterocycles. The number of aryl methyl sites for hydroxylation is 1. The molecule has 0 spiro atoms. The van der Waals surface area contributed by atoms with Crippen LogP contribution in [0.3, 0.4) is 0 Å². The average molecular weight is 301 g/mol. The van der Waals surface area contributed by atoms with Gasteiger partial charge in [-0.2, -0.15) is 0 Å². The number of nitrogens with zero attached hydrogens (tertiary/aromatic N) is 1. The average Bonchev–Trinajstić information content (AvgIpc) is 2.73. The van der Waals surface area contributed by atoms with Crippen LogP contribution in [0.2, 0.25) is 10.0 Å². The molecule has 1 N–H and O–H groups in total. The summed E-state index contributed by atoms with van der Waals surface area (Å²) >= 11 is 13.8. The Morgan fingerprint density at radius 2 is 2.17 bits per heavy atom. The van der Waals surface area contributed by atoms with E-state index in [1.165, 1.54) is 10.4 Å². The molecule has 0 aliphatic rings. The highest BCUT2D eigenvalue weighted by Crippen LogP contribution is 2.30. The standard InChI is InChI=1S/C13H14Cl2N2S/c1-3-16-12(9-4-8(2)18-7-9)13-11(15)5-10(14)6-17-13/h4-7,12,16H,3H2,1-2H3. The second-order valence-corrected chi connectivity index (χ2v) is 5.96. The van der Waals surface area contributed by atoms with Gasteiger partial charge in [-0.15, -0.1) is 11.3 Å². The van der Waals surface area contributed by atoms with Crippen LogP contribution in [0.4, 0.5) is 0 Å². The van der Waals surface area contributed by atoms with Crippen molar-refractivity contribution in [2.45, 2.75) is 19.9 Å². The Morgan fingerprint density at radius 3 is 2.72 bits per heavy atom. The van der Waals surface area contributed by atoms with Crippen molar-refractivity contribution >= 4 is 34.5 Å². The molecule has 0 aliphatic heterocycles. The molecule has 0 saturated heterocycles. The first-order valence-electron chi connectivity index (χ1n) is 5.71. The van der Waals surface area contributed by atoms with Gasteiger partial charge in [0, 0.05) is 11.1 Å². The van der Waals surface area contributed by atoms with Gasteiger partial charge in [0.25, 0.3) is 0 Å². The third kappa shape index (κ3) is 3.04. The van der Waals surface area contributed by atoms with Crippen LogP contribution in [0.5, 0.6) is 0 Å². The normalized spacial score (nSPS) is 12.7. The fraction of sp³-hybridized carbons (Fsp3) is 0.308. The number of rotatable bonds is 4. The van der Waals surface area contributed by atoms with Crippen LogP contribution in [-0.4, -0.2) is 11.5 Å². The molecule has 2 rings (SSSR count). The zero-order valence-electron chi connectivity index (χ0n) is 10.2. The number of pyridine rings is 1. The number of aromatic nitrogens is 1. The fourth-order valence-electron chi connectivity index (χ4n) is 1.83. The molecule has 2 aromatic rings. The van der Waals surface area contributed by atoms with E-state index >= 15 is 0 Å². The van der Waals surface area contributed by atoms with E-state index in [1.54, 1.807) is 23.6 Å². The van der Waals surface area contributed by atoms with Crippen molar-refractivity contribution < 1.29 is 0 Å². The second kappa shape index (κ2) is 6.02. The van der Waals surface area contributed by atoms with Gasteiger partial charge in [0.05, 0.1) is 21.8 Å². The Hall–Kier alpha value is -0.610. The quantitative estimate of drug-likeness (QED) is 0.902. The van der Waals surface area contributed by atoms with Gasteiger partial charge in [0.1, 0.15) is 0 Å². The zero-order valence-corrected chi connectivity index (χ0v) is 12.5. The molecule has 96 valence electrons. The van der Waals surface area contributed by atoms with Crippen LogP contribution in [0.15, 0.2) is 23.7 Å². The topological polar surface area (TPSA) is 24.9 Å². The van der Waals surface area contributed by atoms with Crippen molar-refractivity contribution in [1.82, 2.24) is 10.3 Å². The third-order valence-electron chi connectivity index (χ3n) is 2.60. The monoisotopic (exact) mass is 300 g/mol. The zero-order chi connectivity index (χ0) is 13.1. The minimum Gasteiger partial charge on any atom is -0.305 e. The van der Waals surface area contributed by atoms with Crippen molar-refractivity contribution in [3.63, 3.8) is 0 Å². The lowest BCUT2D eigenvalue weighted by Gasteiger charge is -2.17. The summed E-state index contributed by atoms with van der Waals surface area (Å²) in [5.41, 5.74) is 2.01. The molecule has 0 amide bonds. The van der Waals surface area contributed by atoms with E-state index in [2.05, 4.69) is 35.6 Å². The molecule has 5 heteroatoms. The lowest BCUT2D eigenvalue weighted by molar-refractivity contribution is 0.617. The molecule has 18 heavy (non-hydrogen) atoms. The number of thiophene rings is 1. The maximum atomic E-state index is 6.23. The van der Waals surface area contributed by atoms with Gasteiger partial charge in [-0.05, 0) is 36.5 Å². The first-order valence-corrected chi connectivity index (χ1v) is 7.34. The van der Waals surface area contributed by atoms with Crippen LogP contribution in [0.1, 0.15) is 29.1 Å². The SMILES string of the molecule is CCNC(c1csc(C)c1)c1ncc(Cl)cc1Cl. The largest absolute Gasteiger partial charge is 0.305 e. The fourth-order valence-corrected chi connectivity index (χ4v) is 3.05. The lowest BCUT2D eigenvalue weighted by Crippen LogP contribution is -2.22. The van der Waals surface area contributed by atoms with Crippen LogP contribution >= 0.6 is 34.5 Å². The Balaban J connectivity index is 2.41. The van der Waals surface area contributed by atoms with Crippen LogP contribution in [-0.2, 0) is 0 Å². The highest BCUT2D eigenvalue weighted by atomic mass is 35.5. The van der Waals surface area contributed by atoms with Gasteiger partial charge in [0.2, 0.25) is 0 Å². The Kier molecular flexibility index (Phi) is 4.62. The number of hydrogen-bond acceptors (Lipinski definition) is 3. The molecule has 0 bridgehead atoms. The van der Waals surface area contributed by atoms with Gasteiger partial charge in [0.15, 0.2) is 0 Å². The van der Waals surface area contributed by atoms with E-state index in [9.17, 15) is 0 Å². The first-order chi connectivity index (χ1) is 8.61. The van der Waals surface area contributed by atoms with E-state index in [4.69, 9.17) is 23.2 Å². The Morgan fingerprint density at radius 1 is 1.39 bits per heavy atom. The minimum atomic E-state index is 0.0183. The van der Waals surface area contributed by atoms with Gasteiger partial charge in [-0.25, -0.2) is 0 Å². The van der Waals surface area contributed by atoms with Crippen LogP contribution in [0, 0.1) is 6.92 Å². The maximum Gasteiger partial charge on any atom is 0.0805 e. The van der Waals surface area contributed by atoms with Gasteiger partial charge < -0.3 is 5.32 Å². The van der Waals surface area contributed by atoms with Crippen molar-refractivity contribution in [2.75, 3.05) is 6.54 Å². The summed E-state index contributed by atoms with van der Waals surface area (Å²) in [6.45, 7) is 5.00. The predicted molar refractivity (Wildman–Crippen MR) is 78.8 cm³/mol.